The van der Waals surface area contributed by atoms with E-state index < -0.39 is 225 Å². The zero-order valence-electron chi connectivity index (χ0n) is 40.0. The number of ether oxygens (including phenoxy) is 7. The minimum absolute atomic E-state index is 0.120. The van der Waals surface area contributed by atoms with E-state index in [-0.39, 0.29) is 20.1 Å². The molecule has 15 unspecified atom stereocenters. The smallest absolute Gasteiger partial charge is 0.259 e. The Balaban J connectivity index is 2.32. The molecule has 0 saturated carbocycles. The van der Waals surface area contributed by atoms with E-state index in [0.717, 1.165) is 0 Å². The van der Waals surface area contributed by atoms with Crippen LogP contribution in [0.5, 0.6) is 0 Å². The van der Waals surface area contributed by atoms with Crippen molar-refractivity contribution in [2.24, 2.45) is 17.2 Å². The summed E-state index contributed by atoms with van der Waals surface area (Å²) in [7, 11) is 0. The summed E-state index contributed by atoms with van der Waals surface area (Å²) < 4.78 is 40.3. The Hall–Kier alpha value is -2.31. The first-order chi connectivity index (χ1) is 35.1. The number of hydrogen-bond donors (Lipinski definition) is 26. The lowest BCUT2D eigenvalue weighted by molar-refractivity contribution is -0.584. The van der Waals surface area contributed by atoms with Crippen LogP contribution >= 0.6 is 0 Å². The Morgan fingerprint density at radius 2 is 1.03 bits per heavy atom. The van der Waals surface area contributed by atoms with Crippen LogP contribution in [0.15, 0.2) is 0 Å². The standard InChI is InChI=1S/C40H69N3O33/c1-10(51)34(43)38(11(2)52,74-28(13(53)4-45)19(54)12(41)3-44)76-33(9-50,35(66)29(63)25(60)21(56)15(6-47)71-35)40(37(68)31(65)27(62)23(58)17(8-49)73-37,75-32-18(42)24(59)20(55)14(5-46)70-32)39(34,69)36(67)30(64)26(61)22(57)16(7-48)72-36/h3,12-32,45-50,53-69H,4-9,41-43H2,1-2H3/t12-,13+,14+,15?,16?,17?,18+,19+,20+,21?,22?,23?,24+,25?,26?,27?,28+,29?,30?,31?,32-,33-,34+,35?,36?,37?,38+,39-,40-/m0/s1. The zero-order valence-corrected chi connectivity index (χ0v) is 40.0. The van der Waals surface area contributed by atoms with Gasteiger partial charge in [-0.25, -0.2) is 0 Å². The molecule has 5 fully saturated rings. The van der Waals surface area contributed by atoms with Gasteiger partial charge in [0.15, 0.2) is 34.6 Å². The number of ketones is 2. The van der Waals surface area contributed by atoms with Gasteiger partial charge in [0.1, 0.15) is 116 Å². The number of nitrogens with two attached hydrogens (primary N) is 3. The van der Waals surface area contributed by atoms with Crippen molar-refractivity contribution in [1.82, 2.24) is 0 Å². The Bertz CT molecular complexity index is 2050. The Morgan fingerprint density at radius 3 is 1.42 bits per heavy atom. The van der Waals surface area contributed by atoms with Crippen LogP contribution in [0.2, 0.25) is 0 Å². The largest absolute Gasteiger partial charge is 0.394 e. The van der Waals surface area contributed by atoms with Crippen molar-refractivity contribution in [3.63, 3.8) is 0 Å². The van der Waals surface area contributed by atoms with E-state index in [9.17, 15) is 122 Å². The summed E-state index contributed by atoms with van der Waals surface area (Å²) in [5, 5.41) is 270. The van der Waals surface area contributed by atoms with Gasteiger partial charge in [0.05, 0.1) is 51.7 Å². The number of carbonyl (C=O) groups is 3. The molecule has 0 aliphatic carbocycles. The predicted molar refractivity (Wildman–Crippen MR) is 229 cm³/mol. The van der Waals surface area contributed by atoms with Gasteiger partial charge in [-0.1, -0.05) is 0 Å². The molecular weight excluding hydrogens is 1050 g/mol. The third-order valence-corrected chi connectivity index (χ3v) is 15.2. The third-order valence-electron chi connectivity index (χ3n) is 15.2. The summed E-state index contributed by atoms with van der Waals surface area (Å²) in [5.74, 6) is -24.9. The van der Waals surface area contributed by atoms with Crippen molar-refractivity contribution in [2.45, 2.75) is 188 Å². The molecule has 442 valence electrons. The normalized spacial score (nSPS) is 51.8. The fourth-order valence-electron chi connectivity index (χ4n) is 10.9. The predicted octanol–water partition coefficient (Wildman–Crippen LogP) is -18.3. The molecule has 5 saturated heterocycles. The van der Waals surface area contributed by atoms with Gasteiger partial charge in [-0.2, -0.15) is 0 Å². The van der Waals surface area contributed by atoms with Gasteiger partial charge in [-0.3, -0.25) is 9.59 Å². The molecule has 36 heteroatoms. The van der Waals surface area contributed by atoms with E-state index in [1.165, 1.54) is 0 Å². The fourth-order valence-corrected chi connectivity index (χ4v) is 10.9. The Morgan fingerprint density at radius 1 is 0.618 bits per heavy atom. The molecule has 0 bridgehead atoms. The second-order valence-corrected chi connectivity index (χ2v) is 19.3. The number of hydrogen-bond acceptors (Lipinski definition) is 36. The van der Waals surface area contributed by atoms with E-state index >= 15 is 9.59 Å². The second-order valence-electron chi connectivity index (χ2n) is 19.3. The van der Waals surface area contributed by atoms with Gasteiger partial charge >= 0.3 is 0 Å². The van der Waals surface area contributed by atoms with Gasteiger partial charge in [0.2, 0.25) is 23.0 Å². The van der Waals surface area contributed by atoms with Crippen LogP contribution in [0.4, 0.5) is 0 Å². The molecular formula is C40H69N3O33. The molecule has 0 aromatic heterocycles. The molecule has 29 N–H and O–H groups in total. The highest BCUT2D eigenvalue weighted by Crippen LogP contribution is 2.69. The van der Waals surface area contributed by atoms with E-state index in [0.29, 0.717) is 0 Å². The molecule has 5 heterocycles. The second kappa shape index (κ2) is 22.6. The SMILES string of the molecule is CC(=O)[C@@]1(O[C@@H]([C@H](O)[C@@H](N)C=O)[C@H](O)CO)O[C@@](CO)(C2(O)OC(CO)C(O)C(O)C2O)[C@](O[C@@H]2O[C@H](CO)[C@@H](O)[C@H](O)[C@H]2N)(C2(O)OC(CO)C(O)C(O)C2O)[C@@](O)(C2(O)OC(CO)C(O)C(O)C2O)[C@@]1(N)C(C)=O. The highest BCUT2D eigenvalue weighted by atomic mass is 16.8. The highest BCUT2D eigenvalue weighted by Gasteiger charge is 3.00. The van der Waals surface area contributed by atoms with E-state index in [1.54, 1.807) is 0 Å². The van der Waals surface area contributed by atoms with Crippen molar-refractivity contribution < 1.29 is 165 Å². The maximum Gasteiger partial charge on any atom is 0.259 e. The first-order valence-corrected chi connectivity index (χ1v) is 23.0. The van der Waals surface area contributed by atoms with Crippen molar-refractivity contribution in [3.05, 3.63) is 0 Å². The van der Waals surface area contributed by atoms with Crippen LogP contribution in [-0.4, -0.2) is 349 Å². The molecule has 0 amide bonds. The van der Waals surface area contributed by atoms with Crippen LogP contribution in [0.25, 0.3) is 0 Å². The van der Waals surface area contributed by atoms with Crippen LogP contribution in [0.3, 0.4) is 0 Å². The molecule has 36 nitrogen and oxygen atoms in total. The number of Topliss-reactive ketones (excluding diaryl/α,β-unsaturated/α-hetero) is 2. The maximum absolute atomic E-state index is 15.3. The molecule has 29 atom stereocenters. The minimum atomic E-state index is -5.77. The lowest BCUT2D eigenvalue weighted by atomic mass is 9.46. The monoisotopic (exact) mass is 1120 g/mol. The zero-order chi connectivity index (χ0) is 58.2. The molecule has 5 rings (SSSR count). The van der Waals surface area contributed by atoms with Crippen LogP contribution in [-0.2, 0) is 47.5 Å². The first kappa shape index (κ1) is 64.5. The Labute approximate surface area is 427 Å². The molecule has 0 radical (unpaired) electrons. The van der Waals surface area contributed by atoms with Gasteiger partial charge in [-0.15, -0.1) is 0 Å². The van der Waals surface area contributed by atoms with Crippen LogP contribution < -0.4 is 17.2 Å². The lowest BCUT2D eigenvalue weighted by Crippen LogP contribution is -3.07. The summed E-state index contributed by atoms with van der Waals surface area (Å²) in [6.07, 6.45) is -57.4. The Kier molecular flexibility index (Phi) is 19.1. The average Bonchev–Trinajstić information content (AvgIpc) is 3.39. The van der Waals surface area contributed by atoms with Crippen molar-refractivity contribution in [1.29, 1.82) is 0 Å². The van der Waals surface area contributed by atoms with Gasteiger partial charge in [-0.05, 0) is 6.92 Å². The fraction of sp³-hybridized carbons (Fsp3) is 0.925. The summed E-state index contributed by atoms with van der Waals surface area (Å²) in [6, 6.07) is -5.07. The topological polar surface area (TPSA) is 659 Å². The quantitative estimate of drug-likeness (QED) is 0.0534. The summed E-state index contributed by atoms with van der Waals surface area (Å²) in [5.41, 5.74) is -2.64. The molecule has 76 heavy (non-hydrogen) atoms. The van der Waals surface area contributed by atoms with Gasteiger partial charge < -0.3 is 173 Å². The molecule has 5 aliphatic heterocycles. The van der Waals surface area contributed by atoms with Gasteiger partial charge in [0.25, 0.3) is 5.79 Å². The summed E-state index contributed by atoms with van der Waals surface area (Å²) in [4.78, 5) is 42.5. The minimum Gasteiger partial charge on any atom is -0.394 e. The third kappa shape index (κ3) is 8.55. The van der Waals surface area contributed by atoms with Crippen molar-refractivity contribution in [3.8, 4) is 0 Å². The molecule has 0 spiro atoms. The van der Waals surface area contributed by atoms with Gasteiger partial charge in [0, 0.05) is 6.92 Å². The molecule has 0 aromatic rings. The van der Waals surface area contributed by atoms with E-state index in [4.69, 9.17) is 50.4 Å². The molecule has 5 aliphatic rings. The van der Waals surface area contributed by atoms with Crippen molar-refractivity contribution in [2.75, 3.05) is 39.6 Å². The number of aldehydes is 1. The van der Waals surface area contributed by atoms with E-state index in [2.05, 4.69) is 0 Å². The number of aliphatic hydroxyl groups excluding tert-OH is 19. The van der Waals surface area contributed by atoms with Crippen LogP contribution in [0.1, 0.15) is 13.8 Å². The number of aliphatic hydroxyl groups is 23. The maximum atomic E-state index is 15.3. The first-order valence-electron chi connectivity index (χ1n) is 23.0. The number of carbonyl (C=O) groups excluding carboxylic acids is 3. The highest BCUT2D eigenvalue weighted by molar-refractivity contribution is 6.00. The average molecular weight is 1120 g/mol. The molecule has 0 aromatic carbocycles. The van der Waals surface area contributed by atoms with Crippen LogP contribution in [0, 0.1) is 0 Å². The lowest BCUT2D eigenvalue weighted by Gasteiger charge is -2.77. The van der Waals surface area contributed by atoms with E-state index in [1.807, 2.05) is 0 Å². The number of rotatable bonds is 19. The summed E-state index contributed by atoms with van der Waals surface area (Å²) in [6.45, 7) is -11.0. The van der Waals surface area contributed by atoms with Crippen molar-refractivity contribution >= 4 is 17.9 Å². The summed E-state index contributed by atoms with van der Waals surface area (Å²) >= 11 is 0.